The van der Waals surface area contributed by atoms with Gasteiger partial charge in [-0.3, -0.25) is 0 Å². The molecule has 2 heteroatoms. The molecule has 1 nitrogen and oxygen atoms in total. The molecule has 0 radical (unpaired) electrons. The average Bonchev–Trinajstić information content (AvgIpc) is 2.88. The first-order valence-corrected chi connectivity index (χ1v) is 6.45. The van der Waals surface area contributed by atoms with Crippen LogP contribution in [0, 0.1) is 5.92 Å². The number of hydrogen-bond donors (Lipinski definition) is 1. The first-order chi connectivity index (χ1) is 7.19. The van der Waals surface area contributed by atoms with E-state index >= 15 is 0 Å². The molecule has 1 aliphatic rings. The van der Waals surface area contributed by atoms with Gasteiger partial charge in [0, 0.05) is 16.4 Å². The Bertz CT molecular complexity index is 350. The third-order valence-electron chi connectivity index (χ3n) is 3.54. The highest BCUT2D eigenvalue weighted by Crippen LogP contribution is 2.53. The van der Waals surface area contributed by atoms with Crippen LogP contribution in [0.1, 0.15) is 25.8 Å². The zero-order valence-corrected chi connectivity index (χ0v) is 11.0. The highest BCUT2D eigenvalue weighted by molar-refractivity contribution is 9.10. The molecule has 0 heterocycles. The lowest BCUT2D eigenvalue weighted by atomic mass is 9.93. The molecule has 2 unspecified atom stereocenters. The highest BCUT2D eigenvalue weighted by atomic mass is 79.9. The smallest absolute Gasteiger partial charge is 0.0178 e. The van der Waals surface area contributed by atoms with E-state index in [1.807, 2.05) is 0 Å². The summed E-state index contributed by atoms with van der Waals surface area (Å²) in [5.41, 5.74) is 1.88. The number of hydrogen-bond acceptors (Lipinski definition) is 1. The lowest BCUT2D eigenvalue weighted by Crippen LogP contribution is -2.28. The summed E-state index contributed by atoms with van der Waals surface area (Å²) in [5, 5.41) is 3.48. The Morgan fingerprint density at radius 3 is 2.80 bits per heavy atom. The van der Waals surface area contributed by atoms with E-state index in [1.165, 1.54) is 16.5 Å². The third-order valence-corrected chi connectivity index (χ3v) is 4.04. The Morgan fingerprint density at radius 1 is 1.53 bits per heavy atom. The van der Waals surface area contributed by atoms with Crippen molar-refractivity contribution < 1.29 is 0 Å². The summed E-state index contributed by atoms with van der Waals surface area (Å²) >= 11 is 3.55. The molecule has 1 aliphatic carbocycles. The predicted molar refractivity (Wildman–Crippen MR) is 68.1 cm³/mol. The SMILES string of the molecule is CCNCC1(c2cccc(Br)c2)CC1C. The molecule has 0 aromatic heterocycles. The van der Waals surface area contributed by atoms with E-state index in [0.29, 0.717) is 5.41 Å². The first kappa shape index (κ1) is 11.2. The van der Waals surface area contributed by atoms with E-state index in [9.17, 15) is 0 Å². The van der Waals surface area contributed by atoms with Gasteiger partial charge in [0.25, 0.3) is 0 Å². The minimum atomic E-state index is 0.403. The average molecular weight is 268 g/mol. The van der Waals surface area contributed by atoms with Crippen LogP contribution in [0.5, 0.6) is 0 Å². The topological polar surface area (TPSA) is 12.0 Å². The second-order valence-electron chi connectivity index (χ2n) is 4.55. The molecular formula is C13H18BrN. The molecule has 1 aromatic carbocycles. The van der Waals surface area contributed by atoms with Gasteiger partial charge >= 0.3 is 0 Å². The van der Waals surface area contributed by atoms with Crippen molar-refractivity contribution in [2.45, 2.75) is 25.7 Å². The van der Waals surface area contributed by atoms with Gasteiger partial charge in [-0.1, -0.05) is 41.9 Å². The van der Waals surface area contributed by atoms with Gasteiger partial charge in [-0.25, -0.2) is 0 Å². The molecule has 1 N–H and O–H groups in total. The maximum atomic E-state index is 3.55. The van der Waals surface area contributed by atoms with Crippen LogP contribution in [0.2, 0.25) is 0 Å². The van der Waals surface area contributed by atoms with Crippen molar-refractivity contribution in [3.63, 3.8) is 0 Å². The summed E-state index contributed by atoms with van der Waals surface area (Å²) in [4.78, 5) is 0. The predicted octanol–water partition coefficient (Wildman–Crippen LogP) is 3.34. The minimum absolute atomic E-state index is 0.403. The fourth-order valence-corrected chi connectivity index (χ4v) is 2.78. The fraction of sp³-hybridized carbons (Fsp3) is 0.538. The Balaban J connectivity index is 2.20. The summed E-state index contributed by atoms with van der Waals surface area (Å²) < 4.78 is 1.19. The maximum Gasteiger partial charge on any atom is 0.0178 e. The van der Waals surface area contributed by atoms with Gasteiger partial charge in [-0.05, 0) is 36.6 Å². The quantitative estimate of drug-likeness (QED) is 0.883. The summed E-state index contributed by atoms with van der Waals surface area (Å²) in [6.45, 7) is 6.68. The van der Waals surface area contributed by atoms with Crippen LogP contribution in [-0.4, -0.2) is 13.1 Å². The minimum Gasteiger partial charge on any atom is -0.316 e. The molecule has 0 bridgehead atoms. The fourth-order valence-electron chi connectivity index (χ4n) is 2.38. The van der Waals surface area contributed by atoms with Gasteiger partial charge in [-0.2, -0.15) is 0 Å². The normalized spacial score (nSPS) is 29.1. The van der Waals surface area contributed by atoms with E-state index in [2.05, 4.69) is 59.4 Å². The summed E-state index contributed by atoms with van der Waals surface area (Å²) in [6.07, 6.45) is 1.32. The number of benzene rings is 1. The molecule has 0 spiro atoms. The van der Waals surface area contributed by atoms with Crippen molar-refractivity contribution in [2.75, 3.05) is 13.1 Å². The van der Waals surface area contributed by atoms with Crippen LogP contribution in [0.4, 0.5) is 0 Å². The van der Waals surface area contributed by atoms with Gasteiger partial charge in [0.15, 0.2) is 0 Å². The van der Waals surface area contributed by atoms with E-state index in [-0.39, 0.29) is 0 Å². The number of nitrogens with one attached hydrogen (secondary N) is 1. The van der Waals surface area contributed by atoms with Crippen LogP contribution < -0.4 is 5.32 Å². The van der Waals surface area contributed by atoms with Crippen molar-refractivity contribution in [3.8, 4) is 0 Å². The highest BCUT2D eigenvalue weighted by Gasteiger charge is 2.51. The zero-order chi connectivity index (χ0) is 10.9. The standard InChI is InChI=1S/C13H18BrN/c1-3-15-9-13(8-10(13)2)11-5-4-6-12(14)7-11/h4-7,10,15H,3,8-9H2,1-2H3. The molecule has 1 saturated carbocycles. The molecule has 1 aromatic rings. The van der Waals surface area contributed by atoms with Crippen LogP contribution in [0.15, 0.2) is 28.7 Å². The first-order valence-electron chi connectivity index (χ1n) is 5.66. The second-order valence-corrected chi connectivity index (χ2v) is 5.47. The van der Waals surface area contributed by atoms with E-state index in [0.717, 1.165) is 19.0 Å². The number of halogens is 1. The number of likely N-dealkylation sites (N-methyl/N-ethyl adjacent to an activating group) is 1. The van der Waals surface area contributed by atoms with Crippen molar-refractivity contribution in [3.05, 3.63) is 34.3 Å². The van der Waals surface area contributed by atoms with Gasteiger partial charge in [-0.15, -0.1) is 0 Å². The van der Waals surface area contributed by atoms with Crippen molar-refractivity contribution in [1.82, 2.24) is 5.32 Å². The summed E-state index contributed by atoms with van der Waals surface area (Å²) in [6, 6.07) is 8.75. The third kappa shape index (κ3) is 2.11. The van der Waals surface area contributed by atoms with Crippen LogP contribution in [-0.2, 0) is 5.41 Å². The van der Waals surface area contributed by atoms with Crippen molar-refractivity contribution in [1.29, 1.82) is 0 Å². The molecule has 2 rings (SSSR count). The summed E-state index contributed by atoms with van der Waals surface area (Å²) in [7, 11) is 0. The Morgan fingerprint density at radius 2 is 2.27 bits per heavy atom. The van der Waals surface area contributed by atoms with E-state index in [4.69, 9.17) is 0 Å². The van der Waals surface area contributed by atoms with Gasteiger partial charge < -0.3 is 5.32 Å². The molecule has 0 aliphatic heterocycles. The van der Waals surface area contributed by atoms with Crippen LogP contribution in [0.3, 0.4) is 0 Å². The number of rotatable bonds is 4. The van der Waals surface area contributed by atoms with Gasteiger partial charge in [0.1, 0.15) is 0 Å². The molecular weight excluding hydrogens is 250 g/mol. The lowest BCUT2D eigenvalue weighted by Gasteiger charge is -2.18. The Kier molecular flexibility index (Phi) is 3.17. The monoisotopic (exact) mass is 267 g/mol. The largest absolute Gasteiger partial charge is 0.316 e. The lowest BCUT2D eigenvalue weighted by molar-refractivity contribution is 0.555. The Labute approximate surface area is 100 Å². The van der Waals surface area contributed by atoms with E-state index < -0.39 is 0 Å². The molecule has 82 valence electrons. The maximum absolute atomic E-state index is 3.55. The molecule has 2 atom stereocenters. The molecule has 0 amide bonds. The summed E-state index contributed by atoms with van der Waals surface area (Å²) in [5.74, 6) is 0.811. The van der Waals surface area contributed by atoms with Gasteiger partial charge in [0.05, 0.1) is 0 Å². The van der Waals surface area contributed by atoms with Gasteiger partial charge in [0.2, 0.25) is 0 Å². The zero-order valence-electron chi connectivity index (χ0n) is 9.39. The van der Waals surface area contributed by atoms with Crippen molar-refractivity contribution >= 4 is 15.9 Å². The molecule has 1 fully saturated rings. The second kappa shape index (κ2) is 4.26. The van der Waals surface area contributed by atoms with Crippen LogP contribution in [0.25, 0.3) is 0 Å². The molecule has 15 heavy (non-hydrogen) atoms. The van der Waals surface area contributed by atoms with Crippen molar-refractivity contribution in [2.24, 2.45) is 5.92 Å². The van der Waals surface area contributed by atoms with Crippen LogP contribution >= 0.6 is 15.9 Å². The van der Waals surface area contributed by atoms with E-state index in [1.54, 1.807) is 0 Å². The molecule has 0 saturated heterocycles. The Hall–Kier alpha value is -0.340.